The van der Waals surface area contributed by atoms with Crippen LogP contribution in [0.15, 0.2) is 52.9 Å². The lowest BCUT2D eigenvalue weighted by atomic mass is 10.1. The highest BCUT2D eigenvalue weighted by Gasteiger charge is 2.26. The molecule has 3 rings (SSSR count). The van der Waals surface area contributed by atoms with Crippen LogP contribution in [0.2, 0.25) is 0 Å². The molecule has 0 unspecified atom stereocenters. The molecule has 0 aliphatic carbocycles. The number of anilines is 1. The van der Waals surface area contributed by atoms with Gasteiger partial charge in [-0.05, 0) is 12.1 Å². The van der Waals surface area contributed by atoms with Crippen molar-refractivity contribution in [2.75, 3.05) is 25.5 Å². The number of sulfonamides is 1. The summed E-state index contributed by atoms with van der Waals surface area (Å²) in [6, 6.07) is 10.4. The first-order valence-electron chi connectivity index (χ1n) is 7.45. The van der Waals surface area contributed by atoms with Gasteiger partial charge in [-0.2, -0.15) is 0 Å². The molecule has 1 aliphatic rings. The molecule has 0 amide bonds. The molecule has 0 atom stereocenters. The van der Waals surface area contributed by atoms with Crippen molar-refractivity contribution < 1.29 is 22.7 Å². The Kier molecular flexibility index (Phi) is 4.32. The van der Waals surface area contributed by atoms with E-state index in [0.29, 0.717) is 5.39 Å². The van der Waals surface area contributed by atoms with E-state index in [4.69, 9.17) is 0 Å². The third-order valence-electron chi connectivity index (χ3n) is 3.83. The van der Waals surface area contributed by atoms with Crippen LogP contribution in [0.25, 0.3) is 10.8 Å². The molecule has 2 aromatic carbocycles. The zero-order valence-corrected chi connectivity index (χ0v) is 14.5. The van der Waals surface area contributed by atoms with Crippen LogP contribution < -0.4 is 9.62 Å². The Morgan fingerprint density at radius 2 is 1.72 bits per heavy atom. The van der Waals surface area contributed by atoms with Crippen LogP contribution in [-0.2, 0) is 24.3 Å². The Morgan fingerprint density at radius 1 is 1.04 bits per heavy atom. The van der Waals surface area contributed by atoms with Gasteiger partial charge in [0.1, 0.15) is 0 Å². The van der Waals surface area contributed by atoms with Gasteiger partial charge in [-0.25, -0.2) is 22.7 Å². The van der Waals surface area contributed by atoms with Crippen LogP contribution in [-0.4, -0.2) is 41.0 Å². The fourth-order valence-electron chi connectivity index (χ4n) is 2.65. The topological polar surface area (TPSA) is 92.8 Å². The molecule has 1 N–H and O–H groups in total. The maximum atomic E-state index is 12.7. The minimum Gasteiger partial charge on any atom is -0.386 e. The fraction of sp³-hybridized carbons (Fsp3) is 0.176. The number of esters is 2. The van der Waals surface area contributed by atoms with Gasteiger partial charge in [-0.15, -0.1) is 0 Å². The van der Waals surface area contributed by atoms with Crippen LogP contribution in [0, 0.1) is 0 Å². The Hall–Kier alpha value is -2.71. The van der Waals surface area contributed by atoms with Crippen molar-refractivity contribution in [3.8, 4) is 0 Å². The van der Waals surface area contributed by atoms with E-state index in [9.17, 15) is 18.0 Å². The molecular weight excluding hydrogens is 344 g/mol. The largest absolute Gasteiger partial charge is 0.386 e. The Morgan fingerprint density at radius 3 is 2.36 bits per heavy atom. The Bertz CT molecular complexity index is 1010. The van der Waals surface area contributed by atoms with Gasteiger partial charge in [-0.1, -0.05) is 24.3 Å². The third-order valence-corrected chi connectivity index (χ3v) is 5.29. The normalized spacial score (nSPS) is 14.6. The molecule has 0 radical (unpaired) electrons. The molecular formula is C17H16N2O5S. The molecule has 7 nitrogen and oxygen atoms in total. The van der Waals surface area contributed by atoms with Gasteiger partial charge >= 0.3 is 11.9 Å². The van der Waals surface area contributed by atoms with E-state index in [1.54, 1.807) is 18.2 Å². The van der Waals surface area contributed by atoms with E-state index in [2.05, 4.69) is 9.46 Å². The van der Waals surface area contributed by atoms with Gasteiger partial charge in [0.15, 0.2) is 0 Å². The van der Waals surface area contributed by atoms with Gasteiger partial charge in [-0.3, -0.25) is 0 Å². The predicted molar refractivity (Wildman–Crippen MR) is 92.6 cm³/mol. The first kappa shape index (κ1) is 17.1. The van der Waals surface area contributed by atoms with Crippen molar-refractivity contribution in [3.63, 3.8) is 0 Å². The number of cyclic esters (lactones) is 2. The molecule has 1 heterocycles. The molecule has 0 saturated heterocycles. The van der Waals surface area contributed by atoms with E-state index < -0.39 is 22.0 Å². The number of fused-ring (bicyclic) bond motifs is 1. The number of nitrogens with one attached hydrogen (secondary N) is 1. The summed E-state index contributed by atoms with van der Waals surface area (Å²) in [5.41, 5.74) is 0.866. The first-order valence-corrected chi connectivity index (χ1v) is 8.93. The number of nitrogens with zero attached hydrogens (tertiary/aromatic N) is 1. The van der Waals surface area contributed by atoms with E-state index in [1.165, 1.54) is 6.07 Å². The van der Waals surface area contributed by atoms with Gasteiger partial charge in [0, 0.05) is 43.2 Å². The standard InChI is InChI=1S/C17H16N2O5S/c1-19(2)14-7-3-6-13-12(14)5-4-8-15(13)25(22,23)18-10-11-9-16(20)24-17(11)21/h3-9,18H,10H2,1-2H3. The SMILES string of the molecule is CN(C)c1cccc2c(S(=O)(=O)NCC3=CC(=O)OC3=O)cccc12. The molecule has 1 aliphatic heterocycles. The van der Waals surface area contributed by atoms with E-state index >= 15 is 0 Å². The molecule has 0 bridgehead atoms. The Balaban J connectivity index is 1.98. The summed E-state index contributed by atoms with van der Waals surface area (Å²) in [6.07, 6.45) is 0.984. The number of benzene rings is 2. The molecule has 0 aromatic heterocycles. The zero-order chi connectivity index (χ0) is 18.2. The summed E-state index contributed by atoms with van der Waals surface area (Å²) in [5, 5.41) is 1.37. The number of carbonyl (C=O) groups excluding carboxylic acids is 2. The average Bonchev–Trinajstić information content (AvgIpc) is 2.89. The molecule has 25 heavy (non-hydrogen) atoms. The summed E-state index contributed by atoms with van der Waals surface area (Å²) in [7, 11) is -0.129. The average molecular weight is 360 g/mol. The molecule has 2 aromatic rings. The van der Waals surface area contributed by atoms with E-state index in [1.807, 2.05) is 31.1 Å². The van der Waals surface area contributed by atoms with Gasteiger partial charge in [0.05, 0.1) is 10.5 Å². The second-order valence-corrected chi connectivity index (χ2v) is 7.46. The quantitative estimate of drug-likeness (QED) is 0.636. The second-order valence-electron chi connectivity index (χ2n) is 5.73. The smallest absolute Gasteiger partial charge is 0.343 e. The third kappa shape index (κ3) is 3.26. The number of hydrogen-bond donors (Lipinski definition) is 1. The molecule has 0 fully saturated rings. The van der Waals surface area contributed by atoms with Gasteiger partial charge in [0.25, 0.3) is 0 Å². The molecule has 0 spiro atoms. The van der Waals surface area contributed by atoms with E-state index in [-0.39, 0.29) is 17.0 Å². The number of hydrogen-bond acceptors (Lipinski definition) is 6. The summed E-state index contributed by atoms with van der Waals surface area (Å²) < 4.78 is 32.1. The predicted octanol–water partition coefficient (Wildman–Crippen LogP) is 1.19. The lowest BCUT2D eigenvalue weighted by Gasteiger charge is -2.17. The van der Waals surface area contributed by atoms with Crippen LogP contribution >= 0.6 is 0 Å². The highest BCUT2D eigenvalue weighted by atomic mass is 32.2. The van der Waals surface area contributed by atoms with Crippen LogP contribution in [0.4, 0.5) is 5.69 Å². The summed E-state index contributed by atoms with van der Waals surface area (Å²) >= 11 is 0. The fourth-order valence-corrected chi connectivity index (χ4v) is 3.88. The summed E-state index contributed by atoms with van der Waals surface area (Å²) in [4.78, 5) is 24.5. The molecule has 0 saturated carbocycles. The molecule has 130 valence electrons. The maximum absolute atomic E-state index is 12.7. The van der Waals surface area contributed by atoms with Crippen LogP contribution in [0.3, 0.4) is 0 Å². The minimum atomic E-state index is -3.89. The highest BCUT2D eigenvalue weighted by Crippen LogP contribution is 2.30. The number of carbonyl (C=O) groups is 2. The zero-order valence-electron chi connectivity index (χ0n) is 13.6. The van der Waals surface area contributed by atoms with Gasteiger partial charge in [0.2, 0.25) is 10.0 Å². The van der Waals surface area contributed by atoms with Crippen molar-refractivity contribution >= 4 is 38.4 Å². The highest BCUT2D eigenvalue weighted by molar-refractivity contribution is 7.89. The molecule has 8 heteroatoms. The lowest BCUT2D eigenvalue weighted by molar-refractivity contribution is -0.150. The monoisotopic (exact) mass is 360 g/mol. The first-order chi connectivity index (χ1) is 11.8. The summed E-state index contributed by atoms with van der Waals surface area (Å²) in [6.45, 7) is -0.309. The van der Waals surface area contributed by atoms with E-state index in [0.717, 1.165) is 17.1 Å². The summed E-state index contributed by atoms with van der Waals surface area (Å²) in [5.74, 6) is -1.62. The van der Waals surface area contributed by atoms with Crippen molar-refractivity contribution in [3.05, 3.63) is 48.0 Å². The second kappa shape index (κ2) is 6.30. The van der Waals surface area contributed by atoms with Crippen LogP contribution in [0.5, 0.6) is 0 Å². The van der Waals surface area contributed by atoms with Crippen molar-refractivity contribution in [1.29, 1.82) is 0 Å². The van der Waals surface area contributed by atoms with Crippen molar-refractivity contribution in [2.24, 2.45) is 0 Å². The van der Waals surface area contributed by atoms with Crippen LogP contribution in [0.1, 0.15) is 0 Å². The lowest BCUT2D eigenvalue weighted by Crippen LogP contribution is -2.27. The Labute approximate surface area is 144 Å². The maximum Gasteiger partial charge on any atom is 0.343 e. The van der Waals surface area contributed by atoms with Crippen molar-refractivity contribution in [1.82, 2.24) is 4.72 Å². The number of ether oxygens (including phenoxy) is 1. The minimum absolute atomic E-state index is 0.0252. The van der Waals surface area contributed by atoms with Gasteiger partial charge < -0.3 is 9.64 Å². The van der Waals surface area contributed by atoms with Crippen molar-refractivity contribution in [2.45, 2.75) is 4.90 Å². The number of rotatable bonds is 5.